The number of nitrogens with one attached hydrogen (secondary N) is 1. The number of aryl methyl sites for hydroxylation is 1. The highest BCUT2D eigenvalue weighted by Gasteiger charge is 2.34. The summed E-state index contributed by atoms with van der Waals surface area (Å²) in [4.78, 5) is 27.2. The van der Waals surface area contributed by atoms with Crippen molar-refractivity contribution in [2.45, 2.75) is 58.8 Å². The zero-order chi connectivity index (χ0) is 21.7. The molecular weight excluding hydrogens is 392 g/mol. The van der Waals surface area contributed by atoms with Crippen molar-refractivity contribution in [3.05, 3.63) is 59.2 Å². The number of benzene rings is 2. The van der Waals surface area contributed by atoms with Crippen LogP contribution < -0.4 is 10.2 Å². The molecule has 2 aromatic carbocycles. The van der Waals surface area contributed by atoms with Gasteiger partial charge in [0.1, 0.15) is 5.37 Å². The number of anilines is 2. The summed E-state index contributed by atoms with van der Waals surface area (Å²) in [5, 5.41) is 3.02. The van der Waals surface area contributed by atoms with Crippen molar-refractivity contribution in [2.75, 3.05) is 16.0 Å². The van der Waals surface area contributed by atoms with Gasteiger partial charge in [-0.2, -0.15) is 0 Å². The minimum absolute atomic E-state index is 0.0457. The Balaban J connectivity index is 1.76. The molecule has 3 rings (SSSR count). The van der Waals surface area contributed by atoms with Crippen molar-refractivity contribution < 1.29 is 9.59 Å². The fourth-order valence-electron chi connectivity index (χ4n) is 3.87. The van der Waals surface area contributed by atoms with Crippen LogP contribution in [-0.4, -0.2) is 17.6 Å². The maximum absolute atomic E-state index is 12.7. The molecule has 1 heterocycles. The van der Waals surface area contributed by atoms with Crippen LogP contribution in [0.25, 0.3) is 0 Å². The number of hydrogen-bond acceptors (Lipinski definition) is 3. The maximum Gasteiger partial charge on any atom is 0.238 e. The van der Waals surface area contributed by atoms with E-state index in [-0.39, 0.29) is 23.1 Å². The predicted molar refractivity (Wildman–Crippen MR) is 127 cm³/mol. The molecule has 1 fully saturated rings. The first-order valence-corrected chi connectivity index (χ1v) is 11.9. The zero-order valence-corrected chi connectivity index (χ0v) is 19.2. The summed E-state index contributed by atoms with van der Waals surface area (Å²) in [6.07, 6.45) is 3.97. The van der Waals surface area contributed by atoms with Gasteiger partial charge in [-0.05, 0) is 61.6 Å². The normalized spacial score (nSPS) is 17.3. The Kier molecular flexibility index (Phi) is 7.59. The molecule has 0 bridgehead atoms. The van der Waals surface area contributed by atoms with Crippen molar-refractivity contribution in [3.8, 4) is 0 Å². The van der Waals surface area contributed by atoms with Crippen LogP contribution in [0, 0.1) is 19.8 Å². The van der Waals surface area contributed by atoms with Crippen LogP contribution in [0.1, 0.15) is 61.6 Å². The molecule has 0 spiro atoms. The Hall–Kier alpha value is -2.27. The first kappa shape index (κ1) is 22.4. The van der Waals surface area contributed by atoms with Gasteiger partial charge in [-0.25, -0.2) is 0 Å². The van der Waals surface area contributed by atoms with E-state index >= 15 is 0 Å². The Labute approximate surface area is 184 Å². The fourth-order valence-corrected chi connectivity index (χ4v) is 5.04. The van der Waals surface area contributed by atoms with Crippen LogP contribution in [0.4, 0.5) is 11.4 Å². The molecular formula is C25H32N2O2S. The number of nitrogens with zero attached hydrogens (tertiary/aromatic N) is 1. The van der Waals surface area contributed by atoms with Gasteiger partial charge in [0.25, 0.3) is 0 Å². The molecule has 160 valence electrons. The average Bonchev–Trinajstić information content (AvgIpc) is 3.12. The van der Waals surface area contributed by atoms with Gasteiger partial charge < -0.3 is 5.32 Å². The van der Waals surface area contributed by atoms with E-state index in [1.54, 1.807) is 11.8 Å². The molecule has 1 saturated heterocycles. The second-order valence-electron chi connectivity index (χ2n) is 8.00. The lowest BCUT2D eigenvalue weighted by atomic mass is 9.98. The van der Waals surface area contributed by atoms with Crippen LogP contribution in [-0.2, 0) is 9.59 Å². The highest BCUT2D eigenvalue weighted by atomic mass is 32.2. The summed E-state index contributed by atoms with van der Waals surface area (Å²) >= 11 is 1.65. The van der Waals surface area contributed by atoms with Crippen molar-refractivity contribution in [3.63, 3.8) is 0 Å². The number of unbranched alkanes of at least 4 members (excludes halogenated alkanes) is 1. The molecule has 0 unspecified atom stereocenters. The molecule has 1 N–H and O–H groups in total. The first-order chi connectivity index (χ1) is 14.5. The number of carbonyl (C=O) groups is 2. The third-order valence-electron chi connectivity index (χ3n) is 5.94. The molecule has 0 radical (unpaired) electrons. The topological polar surface area (TPSA) is 49.4 Å². The highest BCUT2D eigenvalue weighted by molar-refractivity contribution is 8.00. The number of hydrogen-bond donors (Lipinski definition) is 1. The van der Waals surface area contributed by atoms with Gasteiger partial charge in [0.15, 0.2) is 0 Å². The average molecular weight is 425 g/mol. The lowest BCUT2D eigenvalue weighted by Gasteiger charge is -2.26. The van der Waals surface area contributed by atoms with Crippen LogP contribution in [0.3, 0.4) is 0 Å². The van der Waals surface area contributed by atoms with Crippen molar-refractivity contribution >= 4 is 35.0 Å². The number of carbonyl (C=O) groups excluding carboxylic acids is 2. The standard InChI is InChI=1S/C25H32N2O2S/c1-5-7-10-19(6-2)24(29)26-21-14-12-20(13-15-21)25-27(23(28)16-30-25)22-11-8-9-17(3)18(22)4/h8-9,11-15,19,25H,5-7,10,16H2,1-4H3,(H,26,29)/t19-,25-/m1/s1. The lowest BCUT2D eigenvalue weighted by molar-refractivity contribution is -0.120. The fraction of sp³-hybridized carbons (Fsp3) is 0.440. The van der Waals surface area contributed by atoms with E-state index in [1.807, 2.05) is 41.3 Å². The van der Waals surface area contributed by atoms with E-state index in [0.717, 1.165) is 48.2 Å². The van der Waals surface area contributed by atoms with Crippen LogP contribution in [0.2, 0.25) is 0 Å². The van der Waals surface area contributed by atoms with Crippen molar-refractivity contribution in [2.24, 2.45) is 5.92 Å². The molecule has 0 saturated carbocycles. The predicted octanol–water partition coefficient (Wildman–Crippen LogP) is 6.24. The Morgan fingerprint density at radius 1 is 1.17 bits per heavy atom. The molecule has 4 nitrogen and oxygen atoms in total. The molecule has 1 aliphatic rings. The molecule has 0 aromatic heterocycles. The van der Waals surface area contributed by atoms with E-state index in [1.165, 1.54) is 5.56 Å². The second-order valence-corrected chi connectivity index (χ2v) is 9.07. The van der Waals surface area contributed by atoms with Gasteiger partial charge in [-0.1, -0.05) is 51.0 Å². The smallest absolute Gasteiger partial charge is 0.238 e. The Morgan fingerprint density at radius 2 is 1.90 bits per heavy atom. The van der Waals surface area contributed by atoms with Crippen LogP contribution in [0.5, 0.6) is 0 Å². The zero-order valence-electron chi connectivity index (χ0n) is 18.4. The lowest BCUT2D eigenvalue weighted by Crippen LogP contribution is -2.28. The quantitative estimate of drug-likeness (QED) is 0.546. The second kappa shape index (κ2) is 10.2. The van der Waals surface area contributed by atoms with E-state index in [9.17, 15) is 9.59 Å². The minimum Gasteiger partial charge on any atom is -0.326 e. The summed E-state index contributed by atoms with van der Waals surface area (Å²) in [6, 6.07) is 14.0. The van der Waals surface area contributed by atoms with Gasteiger partial charge in [0.05, 0.1) is 5.75 Å². The Morgan fingerprint density at radius 3 is 2.57 bits per heavy atom. The van der Waals surface area contributed by atoms with E-state index in [2.05, 4.69) is 39.1 Å². The molecule has 2 atom stereocenters. The molecule has 1 aliphatic heterocycles. The molecule has 5 heteroatoms. The van der Waals surface area contributed by atoms with Crippen molar-refractivity contribution in [1.82, 2.24) is 0 Å². The van der Waals surface area contributed by atoms with Gasteiger partial charge in [0, 0.05) is 17.3 Å². The van der Waals surface area contributed by atoms with E-state index in [0.29, 0.717) is 5.75 Å². The summed E-state index contributed by atoms with van der Waals surface area (Å²) in [5.74, 6) is 0.776. The van der Waals surface area contributed by atoms with Gasteiger partial charge in [-0.3, -0.25) is 14.5 Å². The largest absolute Gasteiger partial charge is 0.326 e. The highest BCUT2D eigenvalue weighted by Crippen LogP contribution is 2.43. The third-order valence-corrected chi connectivity index (χ3v) is 7.15. The number of thioether (sulfide) groups is 1. The minimum atomic E-state index is -0.0457. The van der Waals surface area contributed by atoms with Crippen molar-refractivity contribution in [1.29, 1.82) is 0 Å². The number of amides is 2. The van der Waals surface area contributed by atoms with Gasteiger partial charge >= 0.3 is 0 Å². The van der Waals surface area contributed by atoms with Gasteiger partial charge in [-0.15, -0.1) is 11.8 Å². The SMILES string of the molecule is CCCC[C@@H](CC)C(=O)Nc1ccc([C@H]2SCC(=O)N2c2cccc(C)c2C)cc1. The molecule has 2 aromatic rings. The summed E-state index contributed by atoms with van der Waals surface area (Å²) < 4.78 is 0. The van der Waals surface area contributed by atoms with Crippen LogP contribution >= 0.6 is 11.8 Å². The maximum atomic E-state index is 12.7. The van der Waals surface area contributed by atoms with E-state index in [4.69, 9.17) is 0 Å². The summed E-state index contributed by atoms with van der Waals surface area (Å²) in [5.41, 5.74) is 5.19. The van der Waals surface area contributed by atoms with Crippen LogP contribution in [0.15, 0.2) is 42.5 Å². The third kappa shape index (κ3) is 4.89. The molecule has 2 amide bonds. The molecule has 30 heavy (non-hydrogen) atoms. The monoisotopic (exact) mass is 424 g/mol. The van der Waals surface area contributed by atoms with Gasteiger partial charge in [0.2, 0.25) is 11.8 Å². The van der Waals surface area contributed by atoms with E-state index < -0.39 is 0 Å². The summed E-state index contributed by atoms with van der Waals surface area (Å²) in [6.45, 7) is 8.36. The Bertz CT molecular complexity index is 895. The summed E-state index contributed by atoms with van der Waals surface area (Å²) in [7, 11) is 0. The first-order valence-electron chi connectivity index (χ1n) is 10.9. The molecule has 0 aliphatic carbocycles. The number of rotatable bonds is 8.